The van der Waals surface area contributed by atoms with Crippen molar-refractivity contribution < 1.29 is 44.9 Å². The summed E-state index contributed by atoms with van der Waals surface area (Å²) in [5, 5.41) is 60.1. The molecule has 9 nitrogen and oxygen atoms in total. The largest absolute Gasteiger partial charge is 0.394 e. The Bertz CT molecular complexity index is 841. The normalized spacial score (nSPS) is 48.5. The van der Waals surface area contributed by atoms with Gasteiger partial charge in [-0.15, -0.1) is 0 Å². The molecule has 3 aliphatic carbocycles. The van der Waals surface area contributed by atoms with Gasteiger partial charge in [-0.2, -0.15) is 0 Å². The molecule has 200 valence electrons. The van der Waals surface area contributed by atoms with Crippen LogP contribution in [0.5, 0.6) is 0 Å². The molecule has 1 saturated heterocycles. The van der Waals surface area contributed by atoms with Crippen molar-refractivity contribution in [2.75, 3.05) is 13.2 Å². The van der Waals surface area contributed by atoms with Gasteiger partial charge in [0, 0.05) is 17.3 Å². The number of carbonyl (C=O) groups excluding carboxylic acids is 1. The molecule has 0 radical (unpaired) electrons. The maximum absolute atomic E-state index is 13.6. The first-order chi connectivity index (χ1) is 16.3. The van der Waals surface area contributed by atoms with E-state index < -0.39 is 60.4 Å². The monoisotopic (exact) mass is 498 g/mol. The summed E-state index contributed by atoms with van der Waals surface area (Å²) in [5.41, 5.74) is -0.125. The summed E-state index contributed by atoms with van der Waals surface area (Å²) in [6.07, 6.45) is -3.09. The molecule has 6 N–H and O–H groups in total. The predicted molar refractivity (Wildman–Crippen MR) is 125 cm³/mol. The van der Waals surface area contributed by atoms with Gasteiger partial charge in [0.1, 0.15) is 30.5 Å². The maximum Gasteiger partial charge on any atom is 0.187 e. The van der Waals surface area contributed by atoms with Crippen molar-refractivity contribution in [1.82, 2.24) is 0 Å². The third-order valence-electron chi connectivity index (χ3n) is 9.72. The van der Waals surface area contributed by atoms with Crippen LogP contribution in [0, 0.1) is 28.1 Å². The number of aliphatic hydroxyl groups is 6. The van der Waals surface area contributed by atoms with Crippen LogP contribution >= 0.6 is 0 Å². The molecule has 1 aliphatic heterocycles. The lowest BCUT2D eigenvalue weighted by Gasteiger charge is -2.61. The van der Waals surface area contributed by atoms with Crippen LogP contribution in [-0.4, -0.2) is 92.5 Å². The van der Waals surface area contributed by atoms with Gasteiger partial charge in [-0.1, -0.05) is 39.3 Å². The van der Waals surface area contributed by atoms with E-state index in [1.807, 2.05) is 20.8 Å². The molecule has 9 heteroatoms. The molecule has 11 atom stereocenters. The minimum atomic E-state index is -1.56. The van der Waals surface area contributed by atoms with Gasteiger partial charge in [-0.05, 0) is 42.9 Å². The quantitative estimate of drug-likeness (QED) is 0.231. The topological polar surface area (TPSA) is 157 Å². The van der Waals surface area contributed by atoms with Crippen molar-refractivity contribution in [2.45, 2.75) is 103 Å². The van der Waals surface area contributed by atoms with E-state index in [2.05, 4.69) is 13.0 Å². The van der Waals surface area contributed by atoms with Gasteiger partial charge < -0.3 is 40.1 Å². The van der Waals surface area contributed by atoms with E-state index in [1.54, 1.807) is 0 Å². The Morgan fingerprint density at radius 3 is 2.40 bits per heavy atom. The summed E-state index contributed by atoms with van der Waals surface area (Å²) < 4.78 is 11.6. The standard InChI is InChI=1S/C26H42O9/c1-24(2)17-6-5-13-9-25(3,18(30)12-28)8-7-14(13)26(17,4)10-15(29)22(24)35-23-21(33)20(32)19(31)16(11-27)34-23/h9,14,16-23,27-28,30-33H,5-8,10-12H2,1-4H3. The van der Waals surface area contributed by atoms with E-state index >= 15 is 0 Å². The zero-order valence-corrected chi connectivity index (χ0v) is 21.1. The molecule has 11 unspecified atom stereocenters. The van der Waals surface area contributed by atoms with Gasteiger partial charge in [0.05, 0.1) is 19.3 Å². The number of rotatable bonds is 5. The SMILES string of the molecule is CC1(C(O)CO)C=C2CCC3C(C)(C)C(OC4OC(CO)C(O)C(O)C4O)C(=O)CC3(C)C2CC1. The molecule has 0 spiro atoms. The summed E-state index contributed by atoms with van der Waals surface area (Å²) in [7, 11) is 0. The zero-order valence-electron chi connectivity index (χ0n) is 21.1. The van der Waals surface area contributed by atoms with Crippen molar-refractivity contribution in [3.8, 4) is 0 Å². The highest BCUT2D eigenvalue weighted by atomic mass is 16.7. The van der Waals surface area contributed by atoms with E-state index in [1.165, 1.54) is 5.57 Å². The summed E-state index contributed by atoms with van der Waals surface area (Å²) in [6, 6.07) is 0. The minimum Gasteiger partial charge on any atom is -0.394 e. The zero-order chi connectivity index (χ0) is 25.9. The summed E-state index contributed by atoms with van der Waals surface area (Å²) in [5.74, 6) is 0.226. The molecule has 1 heterocycles. The van der Waals surface area contributed by atoms with Crippen LogP contribution < -0.4 is 0 Å². The third kappa shape index (κ3) is 4.32. The van der Waals surface area contributed by atoms with Crippen LogP contribution in [-0.2, 0) is 14.3 Å². The Morgan fingerprint density at radius 1 is 1.09 bits per heavy atom. The van der Waals surface area contributed by atoms with Crippen LogP contribution in [0.3, 0.4) is 0 Å². The second kappa shape index (κ2) is 9.44. The molecule has 0 aromatic rings. The number of aliphatic hydroxyl groups excluding tert-OH is 6. The number of ether oxygens (including phenoxy) is 2. The fourth-order valence-corrected chi connectivity index (χ4v) is 7.69. The van der Waals surface area contributed by atoms with Crippen LogP contribution in [0.2, 0.25) is 0 Å². The third-order valence-corrected chi connectivity index (χ3v) is 9.72. The van der Waals surface area contributed by atoms with Gasteiger partial charge in [0.15, 0.2) is 12.1 Å². The Hall–Kier alpha value is -0.910. The number of carbonyl (C=O) groups is 1. The first kappa shape index (κ1) is 27.1. The van der Waals surface area contributed by atoms with Crippen molar-refractivity contribution in [2.24, 2.45) is 28.1 Å². The molecule has 2 saturated carbocycles. The van der Waals surface area contributed by atoms with Crippen LogP contribution in [0.1, 0.15) is 59.8 Å². The lowest BCUT2D eigenvalue weighted by molar-refractivity contribution is -0.320. The summed E-state index contributed by atoms with van der Waals surface area (Å²) >= 11 is 0. The van der Waals surface area contributed by atoms with Crippen molar-refractivity contribution in [3.05, 3.63) is 11.6 Å². The number of hydrogen-bond acceptors (Lipinski definition) is 9. The molecule has 35 heavy (non-hydrogen) atoms. The van der Waals surface area contributed by atoms with E-state index in [-0.39, 0.29) is 29.6 Å². The van der Waals surface area contributed by atoms with Gasteiger partial charge in [0.25, 0.3) is 0 Å². The maximum atomic E-state index is 13.6. The lowest BCUT2D eigenvalue weighted by atomic mass is 9.44. The average Bonchev–Trinajstić information content (AvgIpc) is 2.80. The average molecular weight is 499 g/mol. The first-order valence-corrected chi connectivity index (χ1v) is 12.8. The summed E-state index contributed by atoms with van der Waals surface area (Å²) in [4.78, 5) is 13.6. The van der Waals surface area contributed by atoms with E-state index in [9.17, 15) is 35.4 Å². The van der Waals surface area contributed by atoms with E-state index in [4.69, 9.17) is 9.47 Å². The lowest BCUT2D eigenvalue weighted by Crippen LogP contribution is -2.64. The first-order valence-electron chi connectivity index (χ1n) is 12.8. The van der Waals surface area contributed by atoms with Gasteiger partial charge in [0.2, 0.25) is 0 Å². The number of allylic oxidation sites excluding steroid dienone is 1. The Labute approximate surface area is 206 Å². The number of hydrogen-bond donors (Lipinski definition) is 6. The Morgan fingerprint density at radius 2 is 1.77 bits per heavy atom. The molecule has 3 fully saturated rings. The van der Waals surface area contributed by atoms with Crippen LogP contribution in [0.4, 0.5) is 0 Å². The highest BCUT2D eigenvalue weighted by molar-refractivity contribution is 5.86. The van der Waals surface area contributed by atoms with Crippen LogP contribution in [0.25, 0.3) is 0 Å². The molecular weight excluding hydrogens is 456 g/mol. The number of ketones is 1. The molecule has 0 amide bonds. The molecule has 0 bridgehead atoms. The highest BCUT2D eigenvalue weighted by Gasteiger charge is 2.61. The minimum absolute atomic E-state index is 0.101. The van der Waals surface area contributed by atoms with E-state index in [0.29, 0.717) is 6.42 Å². The van der Waals surface area contributed by atoms with Crippen molar-refractivity contribution in [3.63, 3.8) is 0 Å². The van der Waals surface area contributed by atoms with Crippen LogP contribution in [0.15, 0.2) is 11.6 Å². The Kier molecular flexibility index (Phi) is 7.32. The van der Waals surface area contributed by atoms with Gasteiger partial charge >= 0.3 is 0 Å². The van der Waals surface area contributed by atoms with E-state index in [0.717, 1.165) is 25.7 Å². The Balaban J connectivity index is 1.58. The molecular formula is C26H42O9. The summed E-state index contributed by atoms with van der Waals surface area (Å²) in [6.45, 7) is 7.30. The predicted octanol–water partition coefficient (Wildman–Crippen LogP) is 0.283. The smallest absolute Gasteiger partial charge is 0.187 e. The van der Waals surface area contributed by atoms with Gasteiger partial charge in [-0.3, -0.25) is 4.79 Å². The number of Topliss-reactive ketones (excluding diaryl/α,β-unsaturated/α-hetero) is 1. The molecule has 4 aliphatic rings. The van der Waals surface area contributed by atoms with Crippen molar-refractivity contribution in [1.29, 1.82) is 0 Å². The molecule has 4 rings (SSSR count). The second-order valence-electron chi connectivity index (χ2n) is 12.3. The molecule has 0 aromatic heterocycles. The second-order valence-corrected chi connectivity index (χ2v) is 12.3. The molecule has 0 aromatic carbocycles. The fourth-order valence-electron chi connectivity index (χ4n) is 7.69. The van der Waals surface area contributed by atoms with Crippen molar-refractivity contribution >= 4 is 5.78 Å². The fraction of sp³-hybridized carbons (Fsp3) is 0.885. The highest BCUT2D eigenvalue weighted by Crippen LogP contribution is 2.63. The number of fused-ring (bicyclic) bond motifs is 3. The van der Waals surface area contributed by atoms with Gasteiger partial charge in [-0.25, -0.2) is 0 Å².